The molecule has 0 fully saturated rings. The van der Waals surface area contributed by atoms with E-state index in [1.54, 1.807) is 62.8 Å². The highest BCUT2D eigenvalue weighted by molar-refractivity contribution is 7.80. The number of amides is 2. The molecule has 35 heavy (non-hydrogen) atoms. The molecule has 0 aliphatic carbocycles. The van der Waals surface area contributed by atoms with Gasteiger partial charge in [0.1, 0.15) is 0 Å². The van der Waals surface area contributed by atoms with Crippen LogP contribution in [0.4, 0.5) is 5.69 Å². The van der Waals surface area contributed by atoms with Gasteiger partial charge in [-0.3, -0.25) is 14.9 Å². The number of rotatable bonds is 9. The molecule has 0 unspecified atom stereocenters. The molecule has 3 N–H and O–H groups in total. The van der Waals surface area contributed by atoms with Gasteiger partial charge in [0.05, 0.1) is 25.5 Å². The number of benzene rings is 3. The molecule has 8 heteroatoms. The number of para-hydroxylation sites is 1. The highest BCUT2D eigenvalue weighted by atomic mass is 32.1. The largest absolute Gasteiger partial charge is 0.493 e. The van der Waals surface area contributed by atoms with Gasteiger partial charge in [-0.05, 0) is 60.1 Å². The van der Waals surface area contributed by atoms with Gasteiger partial charge in [0.25, 0.3) is 5.91 Å². The zero-order valence-electron chi connectivity index (χ0n) is 19.5. The fourth-order valence-corrected chi connectivity index (χ4v) is 3.50. The number of anilines is 1. The maximum Gasteiger partial charge on any atom is 0.253 e. The van der Waals surface area contributed by atoms with Gasteiger partial charge in [0, 0.05) is 12.6 Å². The molecular weight excluding hydrogens is 462 g/mol. The van der Waals surface area contributed by atoms with Crippen LogP contribution in [0.3, 0.4) is 0 Å². The standard InChI is InChI=1S/C27H27N3O4S/c1-33-23-14-12-20(18-24(23)34-2)13-15-25(31)30-27(35)29-22-11-7-6-10-21(22)26(32)28-17-16-19-8-4-3-5-9-19/h3-15,18H,16-17H2,1-2H3,(H,28,32)(H2,29,30,31,35). The second-order valence-electron chi connectivity index (χ2n) is 7.43. The third-order valence-electron chi connectivity index (χ3n) is 5.03. The van der Waals surface area contributed by atoms with E-state index in [9.17, 15) is 9.59 Å². The molecule has 0 aliphatic heterocycles. The molecule has 0 bridgehead atoms. The molecule has 180 valence electrons. The Bertz CT molecular complexity index is 1210. The van der Waals surface area contributed by atoms with Gasteiger partial charge in [-0.2, -0.15) is 0 Å². The normalized spacial score (nSPS) is 10.5. The van der Waals surface area contributed by atoms with E-state index >= 15 is 0 Å². The van der Waals surface area contributed by atoms with Gasteiger partial charge in [0.15, 0.2) is 16.6 Å². The Labute approximate surface area is 210 Å². The van der Waals surface area contributed by atoms with Crippen LogP contribution in [-0.2, 0) is 11.2 Å². The third-order valence-corrected chi connectivity index (χ3v) is 5.24. The lowest BCUT2D eigenvalue weighted by molar-refractivity contribution is -0.115. The number of nitrogens with one attached hydrogen (secondary N) is 3. The number of thiocarbonyl (C=S) groups is 1. The van der Waals surface area contributed by atoms with Crippen LogP contribution in [0.15, 0.2) is 78.9 Å². The van der Waals surface area contributed by atoms with Gasteiger partial charge in [0.2, 0.25) is 5.91 Å². The van der Waals surface area contributed by atoms with E-state index in [4.69, 9.17) is 21.7 Å². The summed E-state index contributed by atoms with van der Waals surface area (Å²) < 4.78 is 10.5. The molecule has 0 aliphatic rings. The summed E-state index contributed by atoms with van der Waals surface area (Å²) in [6.45, 7) is 0.499. The first-order chi connectivity index (χ1) is 17.0. The zero-order chi connectivity index (χ0) is 25.0. The summed E-state index contributed by atoms with van der Waals surface area (Å²) in [5.74, 6) is 0.515. The lowest BCUT2D eigenvalue weighted by Crippen LogP contribution is -2.34. The van der Waals surface area contributed by atoms with E-state index in [0.717, 1.165) is 17.5 Å². The molecule has 0 saturated carbocycles. The molecular formula is C27H27N3O4S. The third kappa shape index (κ3) is 7.68. The van der Waals surface area contributed by atoms with Crippen molar-refractivity contribution in [3.63, 3.8) is 0 Å². The number of hydrogen-bond acceptors (Lipinski definition) is 5. The van der Waals surface area contributed by atoms with Gasteiger partial charge in [-0.15, -0.1) is 0 Å². The average Bonchev–Trinajstić information content (AvgIpc) is 2.88. The molecule has 2 amide bonds. The monoisotopic (exact) mass is 489 g/mol. The lowest BCUT2D eigenvalue weighted by atomic mass is 10.1. The smallest absolute Gasteiger partial charge is 0.253 e. The molecule has 3 rings (SSSR count). The van der Waals surface area contributed by atoms with E-state index in [1.807, 2.05) is 30.3 Å². The number of hydrogen-bond donors (Lipinski definition) is 3. The van der Waals surface area contributed by atoms with Crippen molar-refractivity contribution in [2.45, 2.75) is 6.42 Å². The van der Waals surface area contributed by atoms with E-state index in [0.29, 0.717) is 29.3 Å². The molecule has 0 saturated heterocycles. The summed E-state index contributed by atoms with van der Waals surface area (Å²) in [4.78, 5) is 25.0. The van der Waals surface area contributed by atoms with Crippen LogP contribution in [0.5, 0.6) is 11.5 Å². The highest BCUT2D eigenvalue weighted by Gasteiger charge is 2.12. The molecule has 0 heterocycles. The maximum atomic E-state index is 12.7. The summed E-state index contributed by atoms with van der Waals surface area (Å²) in [6.07, 6.45) is 3.72. The molecule has 7 nitrogen and oxygen atoms in total. The molecule has 3 aromatic carbocycles. The molecule has 0 radical (unpaired) electrons. The molecule has 0 atom stereocenters. The summed E-state index contributed by atoms with van der Waals surface area (Å²) in [7, 11) is 3.10. The van der Waals surface area contributed by atoms with Crippen molar-refractivity contribution in [2.75, 3.05) is 26.1 Å². The van der Waals surface area contributed by atoms with Crippen LogP contribution in [-0.4, -0.2) is 37.7 Å². The Morgan fingerprint density at radius 3 is 2.37 bits per heavy atom. The number of ether oxygens (including phenoxy) is 2. The van der Waals surface area contributed by atoms with Crippen molar-refractivity contribution in [2.24, 2.45) is 0 Å². The van der Waals surface area contributed by atoms with Crippen LogP contribution in [0.1, 0.15) is 21.5 Å². The topological polar surface area (TPSA) is 88.7 Å². The van der Waals surface area contributed by atoms with Gasteiger partial charge in [-0.25, -0.2) is 0 Å². The lowest BCUT2D eigenvalue weighted by Gasteiger charge is -2.13. The van der Waals surface area contributed by atoms with Crippen LogP contribution < -0.4 is 25.4 Å². The van der Waals surface area contributed by atoms with Crippen molar-refractivity contribution in [1.29, 1.82) is 0 Å². The highest BCUT2D eigenvalue weighted by Crippen LogP contribution is 2.27. The summed E-state index contributed by atoms with van der Waals surface area (Å²) in [6, 6.07) is 22.2. The predicted molar refractivity (Wildman–Crippen MR) is 142 cm³/mol. The summed E-state index contributed by atoms with van der Waals surface area (Å²) in [5.41, 5.74) is 2.83. The summed E-state index contributed by atoms with van der Waals surface area (Å²) in [5, 5.41) is 8.52. The minimum absolute atomic E-state index is 0.0801. The number of methoxy groups -OCH3 is 2. The van der Waals surface area contributed by atoms with Gasteiger partial charge >= 0.3 is 0 Å². The maximum absolute atomic E-state index is 12.7. The van der Waals surface area contributed by atoms with Crippen molar-refractivity contribution < 1.29 is 19.1 Å². The molecule has 0 spiro atoms. The van der Waals surface area contributed by atoms with Crippen LogP contribution >= 0.6 is 12.2 Å². The first-order valence-corrected chi connectivity index (χ1v) is 11.3. The quantitative estimate of drug-likeness (QED) is 0.308. The first kappa shape index (κ1) is 25.5. The van der Waals surface area contributed by atoms with E-state index in [1.165, 1.54) is 6.08 Å². The number of carbonyl (C=O) groups excluding carboxylic acids is 2. The SMILES string of the molecule is COc1ccc(C=CC(=O)NC(=S)Nc2ccccc2C(=O)NCCc2ccccc2)cc1OC. The van der Waals surface area contributed by atoms with Crippen molar-refractivity contribution in [3.8, 4) is 11.5 Å². The second kappa shape index (κ2) is 12.9. The number of carbonyl (C=O) groups is 2. The Morgan fingerprint density at radius 2 is 1.63 bits per heavy atom. The van der Waals surface area contributed by atoms with Crippen molar-refractivity contribution in [1.82, 2.24) is 10.6 Å². The zero-order valence-corrected chi connectivity index (χ0v) is 20.4. The minimum atomic E-state index is -0.415. The van der Waals surface area contributed by atoms with Crippen LogP contribution in [0.2, 0.25) is 0 Å². The minimum Gasteiger partial charge on any atom is -0.493 e. The van der Waals surface area contributed by atoms with Crippen LogP contribution in [0.25, 0.3) is 6.08 Å². The Hall–Kier alpha value is -4.17. The second-order valence-corrected chi connectivity index (χ2v) is 7.84. The predicted octanol–water partition coefficient (Wildman–Crippen LogP) is 4.20. The van der Waals surface area contributed by atoms with Crippen molar-refractivity contribution in [3.05, 3.63) is 95.6 Å². The van der Waals surface area contributed by atoms with E-state index < -0.39 is 5.91 Å². The molecule has 3 aromatic rings. The Balaban J connectivity index is 1.55. The Kier molecular flexibility index (Phi) is 9.39. The molecule has 0 aromatic heterocycles. The fraction of sp³-hybridized carbons (Fsp3) is 0.148. The van der Waals surface area contributed by atoms with Gasteiger partial charge < -0.3 is 20.1 Å². The summed E-state index contributed by atoms with van der Waals surface area (Å²) >= 11 is 5.27. The first-order valence-electron chi connectivity index (χ1n) is 10.9. The van der Waals surface area contributed by atoms with Crippen molar-refractivity contribution >= 4 is 40.9 Å². The van der Waals surface area contributed by atoms with E-state index in [2.05, 4.69) is 16.0 Å². The van der Waals surface area contributed by atoms with E-state index in [-0.39, 0.29) is 11.0 Å². The average molecular weight is 490 g/mol. The van der Waals surface area contributed by atoms with Gasteiger partial charge in [-0.1, -0.05) is 48.5 Å². The van der Waals surface area contributed by atoms with Crippen LogP contribution in [0, 0.1) is 0 Å². The Morgan fingerprint density at radius 1 is 0.914 bits per heavy atom. The fourth-order valence-electron chi connectivity index (χ4n) is 3.29.